The van der Waals surface area contributed by atoms with Crippen LogP contribution in [0.1, 0.15) is 10.4 Å². The number of hydrogen-bond acceptors (Lipinski definition) is 7. The number of aromatic nitrogens is 3. The lowest BCUT2D eigenvalue weighted by molar-refractivity contribution is 0.0697. The first-order valence-electron chi connectivity index (χ1n) is 9.08. The van der Waals surface area contributed by atoms with Gasteiger partial charge in [0.15, 0.2) is 0 Å². The van der Waals surface area contributed by atoms with Gasteiger partial charge in [0, 0.05) is 10.7 Å². The molecule has 0 radical (unpaired) electrons. The molecule has 0 aliphatic heterocycles. The predicted octanol–water partition coefficient (Wildman–Crippen LogP) is 5.55. The molecule has 31 heavy (non-hydrogen) atoms. The molecule has 0 unspecified atom stereocenters. The molecular formula is C22H15ClN4O4. The van der Waals surface area contributed by atoms with E-state index in [-0.39, 0.29) is 23.5 Å². The second-order valence-electron chi connectivity index (χ2n) is 6.21. The van der Waals surface area contributed by atoms with Crippen molar-refractivity contribution in [2.75, 3.05) is 5.32 Å². The minimum Gasteiger partial charge on any atom is -0.478 e. The van der Waals surface area contributed by atoms with Gasteiger partial charge in [-0.1, -0.05) is 41.9 Å². The highest BCUT2D eigenvalue weighted by atomic mass is 35.5. The van der Waals surface area contributed by atoms with Crippen LogP contribution in [0.3, 0.4) is 0 Å². The van der Waals surface area contributed by atoms with Crippen molar-refractivity contribution < 1.29 is 19.4 Å². The predicted molar refractivity (Wildman–Crippen MR) is 115 cm³/mol. The van der Waals surface area contributed by atoms with Crippen molar-refractivity contribution in [2.45, 2.75) is 0 Å². The molecule has 0 spiro atoms. The maximum absolute atomic E-state index is 11.2. The van der Waals surface area contributed by atoms with Gasteiger partial charge in [0.1, 0.15) is 11.5 Å². The molecule has 0 aliphatic rings. The molecule has 8 nitrogen and oxygen atoms in total. The molecule has 0 saturated heterocycles. The summed E-state index contributed by atoms with van der Waals surface area (Å²) in [6, 6.07) is 22.0. The van der Waals surface area contributed by atoms with Gasteiger partial charge in [0.05, 0.1) is 5.56 Å². The van der Waals surface area contributed by atoms with Crippen LogP contribution in [0.2, 0.25) is 5.02 Å². The minimum atomic E-state index is -1.04. The van der Waals surface area contributed by atoms with E-state index in [1.54, 1.807) is 48.5 Å². The lowest BCUT2D eigenvalue weighted by Gasteiger charge is -2.10. The lowest BCUT2D eigenvalue weighted by atomic mass is 10.2. The summed E-state index contributed by atoms with van der Waals surface area (Å²) >= 11 is 6.01. The van der Waals surface area contributed by atoms with Crippen LogP contribution in [-0.2, 0) is 0 Å². The van der Waals surface area contributed by atoms with Crippen molar-refractivity contribution >= 4 is 29.2 Å². The number of carbonyl (C=O) groups is 1. The molecule has 4 aromatic rings. The number of para-hydroxylation sites is 1. The Kier molecular flexibility index (Phi) is 5.91. The van der Waals surface area contributed by atoms with Crippen LogP contribution in [0, 0.1) is 0 Å². The van der Waals surface area contributed by atoms with Gasteiger partial charge >= 0.3 is 18.0 Å². The number of benzene rings is 3. The van der Waals surface area contributed by atoms with Crippen molar-refractivity contribution in [2.24, 2.45) is 0 Å². The third-order valence-corrected chi connectivity index (χ3v) is 4.15. The van der Waals surface area contributed by atoms with Crippen LogP contribution in [0.5, 0.6) is 23.5 Å². The van der Waals surface area contributed by atoms with E-state index in [0.29, 0.717) is 22.2 Å². The fourth-order valence-corrected chi connectivity index (χ4v) is 2.75. The van der Waals surface area contributed by atoms with E-state index in [1.807, 2.05) is 18.2 Å². The summed E-state index contributed by atoms with van der Waals surface area (Å²) in [5, 5.41) is 12.6. The van der Waals surface area contributed by atoms with E-state index in [2.05, 4.69) is 20.3 Å². The van der Waals surface area contributed by atoms with Gasteiger partial charge in [-0.05, 0) is 48.5 Å². The number of carboxylic acids is 1. The zero-order valence-electron chi connectivity index (χ0n) is 15.9. The van der Waals surface area contributed by atoms with Crippen molar-refractivity contribution in [3.8, 4) is 23.5 Å². The Morgan fingerprint density at radius 3 is 2.19 bits per heavy atom. The maximum atomic E-state index is 11.2. The van der Waals surface area contributed by atoms with E-state index < -0.39 is 5.97 Å². The summed E-state index contributed by atoms with van der Waals surface area (Å²) in [7, 11) is 0. The van der Waals surface area contributed by atoms with Crippen molar-refractivity contribution in [1.29, 1.82) is 0 Å². The summed E-state index contributed by atoms with van der Waals surface area (Å²) in [5.74, 6) is 0.0299. The first-order chi connectivity index (χ1) is 15.0. The Balaban J connectivity index is 1.66. The number of aromatic carboxylic acids is 1. The van der Waals surface area contributed by atoms with Gasteiger partial charge in [-0.2, -0.15) is 9.97 Å². The summed E-state index contributed by atoms with van der Waals surface area (Å²) < 4.78 is 11.4. The molecule has 1 heterocycles. The second kappa shape index (κ2) is 9.10. The molecule has 2 N–H and O–H groups in total. The molecule has 154 valence electrons. The quantitative estimate of drug-likeness (QED) is 0.390. The molecule has 0 bridgehead atoms. The molecule has 0 fully saturated rings. The van der Waals surface area contributed by atoms with E-state index in [0.717, 1.165) is 0 Å². The van der Waals surface area contributed by atoms with Crippen molar-refractivity contribution in [1.82, 2.24) is 15.0 Å². The van der Waals surface area contributed by atoms with Crippen LogP contribution in [0.15, 0.2) is 78.9 Å². The Morgan fingerprint density at radius 2 is 1.48 bits per heavy atom. The number of ether oxygens (including phenoxy) is 2. The summed E-state index contributed by atoms with van der Waals surface area (Å²) in [6.45, 7) is 0. The monoisotopic (exact) mass is 434 g/mol. The third kappa shape index (κ3) is 5.46. The van der Waals surface area contributed by atoms with Gasteiger partial charge in [0.2, 0.25) is 5.95 Å². The van der Waals surface area contributed by atoms with Gasteiger partial charge in [0.25, 0.3) is 0 Å². The number of carboxylic acid groups (broad SMARTS) is 1. The lowest BCUT2D eigenvalue weighted by Crippen LogP contribution is -2.04. The first kappa shape index (κ1) is 20.1. The summed E-state index contributed by atoms with van der Waals surface area (Å²) in [6.07, 6.45) is 0. The van der Waals surface area contributed by atoms with Gasteiger partial charge in [-0.3, -0.25) is 0 Å². The van der Waals surface area contributed by atoms with Crippen molar-refractivity contribution in [3.05, 3.63) is 89.4 Å². The number of anilines is 2. The van der Waals surface area contributed by atoms with Gasteiger partial charge < -0.3 is 19.9 Å². The van der Waals surface area contributed by atoms with E-state index >= 15 is 0 Å². The highest BCUT2D eigenvalue weighted by Crippen LogP contribution is 2.26. The number of rotatable bonds is 7. The zero-order chi connectivity index (χ0) is 21.6. The Morgan fingerprint density at radius 1 is 0.806 bits per heavy atom. The summed E-state index contributed by atoms with van der Waals surface area (Å²) in [4.78, 5) is 23.9. The number of hydrogen-bond donors (Lipinski definition) is 2. The number of nitrogens with zero attached hydrogens (tertiary/aromatic N) is 3. The molecule has 9 heteroatoms. The molecule has 3 aromatic carbocycles. The van der Waals surface area contributed by atoms with Crippen LogP contribution in [0.25, 0.3) is 0 Å². The zero-order valence-corrected chi connectivity index (χ0v) is 16.7. The Bertz CT molecular complexity index is 1220. The fraction of sp³-hybridized carbons (Fsp3) is 0. The van der Waals surface area contributed by atoms with Crippen LogP contribution in [-0.4, -0.2) is 26.0 Å². The van der Waals surface area contributed by atoms with Crippen LogP contribution in [0.4, 0.5) is 11.6 Å². The van der Waals surface area contributed by atoms with Crippen LogP contribution < -0.4 is 14.8 Å². The highest BCUT2D eigenvalue weighted by Gasteiger charge is 2.12. The van der Waals surface area contributed by atoms with Crippen molar-refractivity contribution in [3.63, 3.8) is 0 Å². The smallest absolute Gasteiger partial charge is 0.335 e. The normalized spacial score (nSPS) is 10.4. The number of nitrogens with one attached hydrogen (secondary N) is 1. The van der Waals surface area contributed by atoms with E-state index in [1.165, 1.54) is 12.1 Å². The summed E-state index contributed by atoms with van der Waals surface area (Å²) in [5.41, 5.74) is 0.598. The minimum absolute atomic E-state index is 0.00452. The number of halogens is 1. The molecule has 0 saturated carbocycles. The first-order valence-corrected chi connectivity index (χ1v) is 9.46. The molecule has 4 rings (SSSR count). The molecule has 0 amide bonds. The topological polar surface area (TPSA) is 106 Å². The standard InChI is InChI=1S/C22H15ClN4O4/c23-15-7-5-11-18(13-15)31-22-26-20(24-16-8-4-6-14(12-16)19(28)29)25-21(27-22)30-17-9-2-1-3-10-17/h1-13H,(H,28,29)(H,24,25,26,27). The third-order valence-electron chi connectivity index (χ3n) is 3.92. The van der Waals surface area contributed by atoms with Crippen LogP contribution >= 0.6 is 11.6 Å². The highest BCUT2D eigenvalue weighted by molar-refractivity contribution is 6.30. The average molecular weight is 435 g/mol. The molecule has 1 aromatic heterocycles. The average Bonchev–Trinajstić information content (AvgIpc) is 2.74. The molecular weight excluding hydrogens is 420 g/mol. The largest absolute Gasteiger partial charge is 0.478 e. The Labute approximate surface area is 182 Å². The van der Waals surface area contributed by atoms with E-state index in [4.69, 9.17) is 21.1 Å². The maximum Gasteiger partial charge on any atom is 0.335 e. The van der Waals surface area contributed by atoms with Gasteiger partial charge in [-0.25, -0.2) is 4.79 Å². The second-order valence-corrected chi connectivity index (χ2v) is 6.65. The van der Waals surface area contributed by atoms with E-state index in [9.17, 15) is 9.90 Å². The Hall–Kier alpha value is -4.17. The molecule has 0 atom stereocenters. The SMILES string of the molecule is O=C(O)c1cccc(Nc2nc(Oc3ccccc3)nc(Oc3cccc(Cl)c3)n2)c1. The fourth-order valence-electron chi connectivity index (χ4n) is 2.57. The van der Waals surface area contributed by atoms with Gasteiger partial charge in [-0.15, -0.1) is 4.98 Å². The molecule has 0 aliphatic carbocycles.